The molecule has 0 rings (SSSR count). The standard InChI is InChI=1S/C40H81N2O6P/c1-6-8-10-12-14-16-18-20-21-22-24-26-28-30-32-34-40(44)41-38(37-48-49(45,46)47-36-35-42(3,4)5)39(43)33-31-29-27-25-23-19-17-15-13-11-9-7-2/h20-21,38-39,43H,6-19,22-37H2,1-5H3,(H-,41,44,45,46)/p+1/b21-20+/t38-,39+/m0/s1. The Morgan fingerprint density at radius 1 is 0.673 bits per heavy atom. The number of hydrogen-bond acceptors (Lipinski definition) is 5. The van der Waals surface area contributed by atoms with E-state index in [-0.39, 0.29) is 19.1 Å². The molecule has 0 radical (unpaired) electrons. The van der Waals surface area contributed by atoms with Crippen LogP contribution in [0.3, 0.4) is 0 Å². The van der Waals surface area contributed by atoms with Crippen molar-refractivity contribution in [3.63, 3.8) is 0 Å². The Bertz CT molecular complexity index is 819. The van der Waals surface area contributed by atoms with Crippen LogP contribution in [0.25, 0.3) is 0 Å². The Morgan fingerprint density at radius 2 is 1.10 bits per heavy atom. The van der Waals surface area contributed by atoms with Gasteiger partial charge in [-0.3, -0.25) is 13.8 Å². The number of phosphoric ester groups is 1. The van der Waals surface area contributed by atoms with Crippen LogP contribution in [0.4, 0.5) is 0 Å². The molecule has 0 aliphatic carbocycles. The molecule has 0 fully saturated rings. The summed E-state index contributed by atoms with van der Waals surface area (Å²) in [6.45, 7) is 4.86. The highest BCUT2D eigenvalue weighted by atomic mass is 31.2. The highest BCUT2D eigenvalue weighted by Gasteiger charge is 2.28. The Kier molecular flexibility index (Phi) is 32.6. The number of carbonyl (C=O) groups excluding carboxylic acids is 1. The topological polar surface area (TPSA) is 105 Å². The third kappa shape index (κ3) is 35.4. The molecule has 0 bridgehead atoms. The zero-order valence-corrected chi connectivity index (χ0v) is 33.8. The van der Waals surface area contributed by atoms with Gasteiger partial charge < -0.3 is 19.8 Å². The SMILES string of the molecule is CCCCCCCC/C=C/CCCCCCCC(=O)N[C@@H](COP(=O)(O)OCC[N+](C)(C)C)[C@H](O)CCCCCCCCCCCCCC. The van der Waals surface area contributed by atoms with E-state index in [1.165, 1.54) is 109 Å². The lowest BCUT2D eigenvalue weighted by Crippen LogP contribution is -2.46. The third-order valence-corrected chi connectivity index (χ3v) is 10.2. The van der Waals surface area contributed by atoms with Gasteiger partial charge in [0.1, 0.15) is 13.2 Å². The molecule has 8 nitrogen and oxygen atoms in total. The molecule has 0 spiro atoms. The van der Waals surface area contributed by atoms with Crippen molar-refractivity contribution in [2.24, 2.45) is 0 Å². The van der Waals surface area contributed by atoms with Gasteiger partial charge in [0.05, 0.1) is 39.9 Å². The Hall–Kier alpha value is -0.760. The number of rotatable bonds is 37. The van der Waals surface area contributed by atoms with Gasteiger partial charge in [-0.15, -0.1) is 0 Å². The van der Waals surface area contributed by atoms with Crippen LogP contribution in [-0.2, 0) is 18.4 Å². The second-order valence-corrected chi connectivity index (χ2v) is 16.8. The summed E-state index contributed by atoms with van der Waals surface area (Å²) in [6, 6.07) is -0.759. The number of aliphatic hydroxyl groups is 1. The predicted molar refractivity (Wildman–Crippen MR) is 208 cm³/mol. The van der Waals surface area contributed by atoms with Crippen LogP contribution >= 0.6 is 7.82 Å². The lowest BCUT2D eigenvalue weighted by molar-refractivity contribution is -0.870. The summed E-state index contributed by atoms with van der Waals surface area (Å²) in [7, 11) is 1.61. The molecule has 0 saturated heterocycles. The molecule has 0 saturated carbocycles. The largest absolute Gasteiger partial charge is 0.472 e. The number of phosphoric acid groups is 1. The van der Waals surface area contributed by atoms with Gasteiger partial charge in [0.25, 0.3) is 0 Å². The van der Waals surface area contributed by atoms with Crippen molar-refractivity contribution >= 4 is 13.7 Å². The van der Waals surface area contributed by atoms with Crippen molar-refractivity contribution in [2.45, 2.75) is 199 Å². The number of aliphatic hydroxyl groups excluding tert-OH is 1. The van der Waals surface area contributed by atoms with Gasteiger partial charge in [-0.1, -0.05) is 154 Å². The van der Waals surface area contributed by atoms with Crippen LogP contribution in [0.5, 0.6) is 0 Å². The van der Waals surface area contributed by atoms with Gasteiger partial charge in [0, 0.05) is 6.42 Å². The Morgan fingerprint density at radius 3 is 1.57 bits per heavy atom. The average Bonchev–Trinajstić information content (AvgIpc) is 3.04. The molecule has 0 heterocycles. The number of quaternary nitrogens is 1. The first-order valence-electron chi connectivity index (χ1n) is 20.6. The first kappa shape index (κ1) is 48.2. The van der Waals surface area contributed by atoms with E-state index in [1.54, 1.807) is 0 Å². The van der Waals surface area contributed by atoms with E-state index in [4.69, 9.17) is 9.05 Å². The highest BCUT2D eigenvalue weighted by molar-refractivity contribution is 7.47. The van der Waals surface area contributed by atoms with Crippen molar-refractivity contribution < 1.29 is 32.9 Å². The number of hydrogen-bond donors (Lipinski definition) is 3. The first-order valence-corrected chi connectivity index (χ1v) is 22.0. The fourth-order valence-electron chi connectivity index (χ4n) is 5.92. The van der Waals surface area contributed by atoms with Crippen molar-refractivity contribution in [1.29, 1.82) is 0 Å². The van der Waals surface area contributed by atoms with Gasteiger partial charge in [-0.25, -0.2) is 4.57 Å². The fourth-order valence-corrected chi connectivity index (χ4v) is 6.66. The molecule has 9 heteroatoms. The normalized spacial score (nSPS) is 14.7. The summed E-state index contributed by atoms with van der Waals surface area (Å²) in [5.74, 6) is -0.154. The van der Waals surface area contributed by atoms with Crippen LogP contribution in [0.1, 0.15) is 187 Å². The van der Waals surface area contributed by atoms with Crippen molar-refractivity contribution in [1.82, 2.24) is 5.32 Å². The van der Waals surface area contributed by atoms with Crippen LogP contribution in [0.15, 0.2) is 12.2 Å². The molecule has 1 unspecified atom stereocenters. The number of unbranched alkanes of at least 4 members (excludes halogenated alkanes) is 22. The maximum atomic E-state index is 12.8. The van der Waals surface area contributed by atoms with Crippen molar-refractivity contribution in [3.05, 3.63) is 12.2 Å². The number of nitrogens with zero attached hydrogens (tertiary/aromatic N) is 1. The lowest BCUT2D eigenvalue weighted by Gasteiger charge is -2.26. The average molecular weight is 718 g/mol. The summed E-state index contributed by atoms with van der Waals surface area (Å²) < 4.78 is 23.5. The van der Waals surface area contributed by atoms with Crippen LogP contribution in [0, 0.1) is 0 Å². The number of allylic oxidation sites excluding steroid dienone is 2. The van der Waals surface area contributed by atoms with E-state index in [0.29, 0.717) is 23.9 Å². The maximum Gasteiger partial charge on any atom is 0.472 e. The predicted octanol–water partition coefficient (Wildman–Crippen LogP) is 10.8. The molecular weight excluding hydrogens is 635 g/mol. The van der Waals surface area contributed by atoms with Crippen LogP contribution < -0.4 is 5.32 Å². The molecule has 3 atom stereocenters. The highest BCUT2D eigenvalue weighted by Crippen LogP contribution is 2.43. The van der Waals surface area contributed by atoms with Crippen molar-refractivity contribution in [2.75, 3.05) is 40.9 Å². The number of carbonyl (C=O) groups is 1. The zero-order valence-electron chi connectivity index (χ0n) is 32.9. The smallest absolute Gasteiger partial charge is 0.391 e. The second kappa shape index (κ2) is 33.1. The summed E-state index contributed by atoms with van der Waals surface area (Å²) in [6.07, 6.45) is 35.1. The molecule has 3 N–H and O–H groups in total. The van der Waals surface area contributed by atoms with Gasteiger partial charge in [0.2, 0.25) is 5.91 Å². The minimum atomic E-state index is -4.30. The zero-order chi connectivity index (χ0) is 36.5. The Balaban J connectivity index is 4.42. The second-order valence-electron chi connectivity index (χ2n) is 15.4. The minimum absolute atomic E-state index is 0.0746. The van der Waals surface area contributed by atoms with Gasteiger partial charge in [0.15, 0.2) is 0 Å². The van der Waals surface area contributed by atoms with E-state index in [2.05, 4.69) is 31.3 Å². The van der Waals surface area contributed by atoms with Crippen LogP contribution in [0.2, 0.25) is 0 Å². The molecule has 0 aromatic heterocycles. The molecule has 0 aliphatic heterocycles. The third-order valence-electron chi connectivity index (χ3n) is 9.26. The number of nitrogens with one attached hydrogen (secondary N) is 1. The van der Waals surface area contributed by atoms with E-state index < -0.39 is 20.0 Å². The van der Waals surface area contributed by atoms with Gasteiger partial charge in [-0.05, 0) is 38.5 Å². The monoisotopic (exact) mass is 718 g/mol. The summed E-state index contributed by atoms with van der Waals surface area (Å²) in [5, 5.41) is 13.9. The molecule has 0 aromatic rings. The number of likely N-dealkylation sites (N-methyl/N-ethyl adjacent to an activating group) is 1. The fraction of sp³-hybridized carbons (Fsp3) is 0.925. The van der Waals surface area contributed by atoms with E-state index in [9.17, 15) is 19.4 Å². The van der Waals surface area contributed by atoms with E-state index in [0.717, 1.165) is 51.4 Å². The van der Waals surface area contributed by atoms with E-state index in [1.807, 2.05) is 21.1 Å². The minimum Gasteiger partial charge on any atom is -0.391 e. The first-order chi connectivity index (χ1) is 23.5. The van der Waals surface area contributed by atoms with Crippen molar-refractivity contribution in [3.8, 4) is 0 Å². The summed E-state index contributed by atoms with van der Waals surface area (Å²) >= 11 is 0. The molecule has 0 aliphatic rings. The van der Waals surface area contributed by atoms with Gasteiger partial charge in [-0.2, -0.15) is 0 Å². The molecule has 49 heavy (non-hydrogen) atoms. The number of amides is 1. The van der Waals surface area contributed by atoms with E-state index >= 15 is 0 Å². The molecular formula is C40H82N2O6P+. The Labute approximate surface area is 303 Å². The summed E-state index contributed by atoms with van der Waals surface area (Å²) in [4.78, 5) is 23.0. The molecule has 1 amide bonds. The van der Waals surface area contributed by atoms with Crippen LogP contribution in [-0.4, -0.2) is 73.4 Å². The molecule has 0 aromatic carbocycles. The lowest BCUT2D eigenvalue weighted by atomic mass is 10.0. The van der Waals surface area contributed by atoms with Gasteiger partial charge >= 0.3 is 7.82 Å². The summed E-state index contributed by atoms with van der Waals surface area (Å²) in [5.41, 5.74) is 0. The molecule has 292 valence electrons. The quantitative estimate of drug-likeness (QED) is 0.0256. The maximum absolute atomic E-state index is 12.8.